The van der Waals surface area contributed by atoms with Crippen LogP contribution in [0.25, 0.3) is 11.3 Å². The van der Waals surface area contributed by atoms with E-state index in [4.69, 9.17) is 4.42 Å². The fourth-order valence-electron chi connectivity index (χ4n) is 2.14. The molecule has 0 bridgehead atoms. The minimum atomic E-state index is 0.293. The van der Waals surface area contributed by atoms with Gasteiger partial charge in [0.15, 0.2) is 11.6 Å². The highest BCUT2D eigenvalue weighted by Crippen LogP contribution is 2.20. The quantitative estimate of drug-likeness (QED) is 0.408. The van der Waals surface area contributed by atoms with Crippen LogP contribution in [0.2, 0.25) is 0 Å². The predicted molar refractivity (Wildman–Crippen MR) is 91.1 cm³/mol. The number of hydrogen-bond acceptors (Lipinski definition) is 9. The normalized spacial score (nSPS) is 11.2. The van der Waals surface area contributed by atoms with Gasteiger partial charge in [-0.1, -0.05) is 30.3 Å². The molecule has 0 aliphatic heterocycles. The summed E-state index contributed by atoms with van der Waals surface area (Å²) in [4.78, 5) is 8.68. The average Bonchev–Trinajstić information content (AvgIpc) is 3.32. The maximum atomic E-state index is 5.19. The van der Waals surface area contributed by atoms with Gasteiger partial charge in [-0.05, 0) is 28.0 Å². The molecule has 3 aromatic heterocycles. The van der Waals surface area contributed by atoms with E-state index in [1.807, 2.05) is 30.3 Å². The summed E-state index contributed by atoms with van der Waals surface area (Å²) in [5.74, 6) is 1.51. The van der Waals surface area contributed by atoms with E-state index in [-0.39, 0.29) is 0 Å². The van der Waals surface area contributed by atoms with Crippen molar-refractivity contribution >= 4 is 29.1 Å². The molecule has 4 rings (SSSR count). The monoisotopic (exact) mass is 335 g/mol. The van der Waals surface area contributed by atoms with Crippen LogP contribution < -0.4 is 10.7 Å². The second-order valence-electron chi connectivity index (χ2n) is 5.06. The summed E-state index contributed by atoms with van der Waals surface area (Å²) < 4.78 is 9.85. The number of benzene rings is 1. The molecule has 0 amide bonds. The maximum Gasteiger partial charge on any atom is 0.245 e. The minimum Gasteiger partial charge on any atom is -0.463 e. The van der Waals surface area contributed by atoms with Crippen molar-refractivity contribution in [2.75, 3.05) is 10.7 Å². The summed E-state index contributed by atoms with van der Waals surface area (Å²) in [6.45, 7) is 0.572. The van der Waals surface area contributed by atoms with E-state index in [0.717, 1.165) is 5.56 Å². The van der Waals surface area contributed by atoms with Crippen molar-refractivity contribution in [3.63, 3.8) is 0 Å². The zero-order valence-corrected chi connectivity index (χ0v) is 13.0. The average molecular weight is 335 g/mol. The highest BCUT2D eigenvalue weighted by Gasteiger charge is 2.12. The summed E-state index contributed by atoms with van der Waals surface area (Å²) in [7, 11) is 0. The SMILES string of the molecule is C(=NNc1nc2nonc2nc1NCc1ccccc1)c1ccco1. The Morgan fingerprint density at radius 3 is 2.52 bits per heavy atom. The van der Waals surface area contributed by atoms with Crippen LogP contribution in [0.1, 0.15) is 11.3 Å². The number of nitrogens with one attached hydrogen (secondary N) is 2. The van der Waals surface area contributed by atoms with Crippen LogP contribution >= 0.6 is 0 Å². The Bertz CT molecular complexity index is 980. The first kappa shape index (κ1) is 14.8. The molecule has 0 aliphatic carbocycles. The lowest BCUT2D eigenvalue weighted by Crippen LogP contribution is -2.06. The molecule has 0 unspecified atom stereocenters. The van der Waals surface area contributed by atoms with Gasteiger partial charge in [-0.15, -0.1) is 0 Å². The zero-order valence-electron chi connectivity index (χ0n) is 13.0. The summed E-state index contributed by atoms with van der Waals surface area (Å²) in [5.41, 5.74) is 4.55. The second-order valence-corrected chi connectivity index (χ2v) is 5.06. The van der Waals surface area contributed by atoms with E-state index in [1.54, 1.807) is 18.4 Å². The summed E-state index contributed by atoms with van der Waals surface area (Å²) in [5, 5.41) is 14.7. The lowest BCUT2D eigenvalue weighted by Gasteiger charge is -2.09. The molecule has 0 aliphatic rings. The summed E-state index contributed by atoms with van der Waals surface area (Å²) in [6, 6.07) is 13.5. The first-order valence-corrected chi connectivity index (χ1v) is 7.49. The van der Waals surface area contributed by atoms with Crippen molar-refractivity contribution < 1.29 is 9.05 Å². The molecular weight excluding hydrogens is 322 g/mol. The van der Waals surface area contributed by atoms with Gasteiger partial charge in [0, 0.05) is 6.54 Å². The first-order chi connectivity index (χ1) is 12.4. The Labute approximate surface area is 141 Å². The van der Waals surface area contributed by atoms with Gasteiger partial charge >= 0.3 is 0 Å². The molecule has 9 nitrogen and oxygen atoms in total. The maximum absolute atomic E-state index is 5.19. The van der Waals surface area contributed by atoms with Crippen molar-refractivity contribution in [1.82, 2.24) is 20.3 Å². The number of fused-ring (bicyclic) bond motifs is 1. The van der Waals surface area contributed by atoms with Crippen LogP contribution in [0.4, 0.5) is 11.6 Å². The highest BCUT2D eigenvalue weighted by atomic mass is 16.6. The van der Waals surface area contributed by atoms with Gasteiger partial charge in [0.1, 0.15) is 5.76 Å². The number of hydrogen-bond donors (Lipinski definition) is 2. The molecule has 1 aromatic carbocycles. The fourth-order valence-corrected chi connectivity index (χ4v) is 2.14. The van der Waals surface area contributed by atoms with E-state index >= 15 is 0 Å². The van der Waals surface area contributed by atoms with Crippen molar-refractivity contribution in [1.29, 1.82) is 0 Å². The number of hydrazone groups is 1. The van der Waals surface area contributed by atoms with Crippen LogP contribution in [0, 0.1) is 0 Å². The Morgan fingerprint density at radius 1 is 0.960 bits per heavy atom. The van der Waals surface area contributed by atoms with Crippen LogP contribution in [-0.4, -0.2) is 26.5 Å². The van der Waals surface area contributed by atoms with E-state index in [0.29, 0.717) is 35.2 Å². The second kappa shape index (κ2) is 6.79. The molecule has 0 saturated carbocycles. The fraction of sp³-hybridized carbons (Fsp3) is 0.0625. The number of anilines is 2. The molecule has 2 N–H and O–H groups in total. The Kier molecular flexibility index (Phi) is 4.02. The number of nitrogens with zero attached hydrogens (tertiary/aromatic N) is 5. The molecule has 0 radical (unpaired) electrons. The number of furan rings is 1. The van der Waals surface area contributed by atoms with Crippen LogP contribution in [0.3, 0.4) is 0 Å². The van der Waals surface area contributed by atoms with Gasteiger partial charge in [-0.2, -0.15) is 10.1 Å². The molecule has 0 atom stereocenters. The molecule has 0 saturated heterocycles. The third-order valence-electron chi connectivity index (χ3n) is 3.32. The van der Waals surface area contributed by atoms with Gasteiger partial charge in [0.2, 0.25) is 11.3 Å². The van der Waals surface area contributed by atoms with Crippen molar-refractivity contribution in [3.05, 3.63) is 60.1 Å². The molecule has 0 fully saturated rings. The van der Waals surface area contributed by atoms with Crippen LogP contribution in [0.5, 0.6) is 0 Å². The molecular formula is C16H13N7O2. The van der Waals surface area contributed by atoms with Gasteiger partial charge in [0.25, 0.3) is 0 Å². The predicted octanol–water partition coefficient (Wildman–Crippen LogP) is 2.66. The van der Waals surface area contributed by atoms with Crippen molar-refractivity contribution in [3.8, 4) is 0 Å². The van der Waals surface area contributed by atoms with E-state index in [1.165, 1.54) is 6.21 Å². The molecule has 9 heteroatoms. The number of rotatable bonds is 6. The van der Waals surface area contributed by atoms with E-state index in [2.05, 4.69) is 40.8 Å². The standard InChI is InChI=1S/C16H13N7O2/c1-2-5-11(6-3-1)9-17-13-14(20-16-15(19-13)22-25-23-16)21-18-10-12-7-4-8-24-12/h1-8,10H,9H2,(H,17,19,22)(H,20,21,23). The van der Waals surface area contributed by atoms with Gasteiger partial charge in [-0.3, -0.25) is 5.43 Å². The van der Waals surface area contributed by atoms with Gasteiger partial charge in [-0.25, -0.2) is 9.61 Å². The Balaban J connectivity index is 1.57. The third-order valence-corrected chi connectivity index (χ3v) is 3.32. The van der Waals surface area contributed by atoms with Gasteiger partial charge in [0.05, 0.1) is 12.5 Å². The number of aromatic nitrogens is 4. The lowest BCUT2D eigenvalue weighted by molar-refractivity contribution is 0.314. The molecule has 124 valence electrons. The zero-order chi connectivity index (χ0) is 16.9. The van der Waals surface area contributed by atoms with Crippen LogP contribution in [-0.2, 0) is 6.54 Å². The summed E-state index contributed by atoms with van der Waals surface area (Å²) in [6.07, 6.45) is 3.11. The topological polar surface area (TPSA) is 114 Å². The van der Waals surface area contributed by atoms with E-state index in [9.17, 15) is 0 Å². The third kappa shape index (κ3) is 3.44. The summed E-state index contributed by atoms with van der Waals surface area (Å²) >= 11 is 0. The van der Waals surface area contributed by atoms with Crippen molar-refractivity contribution in [2.45, 2.75) is 6.54 Å². The molecule has 25 heavy (non-hydrogen) atoms. The lowest BCUT2D eigenvalue weighted by atomic mass is 10.2. The minimum absolute atomic E-state index is 0.293. The van der Waals surface area contributed by atoms with E-state index < -0.39 is 0 Å². The van der Waals surface area contributed by atoms with Crippen LogP contribution in [0.15, 0.2) is 62.9 Å². The van der Waals surface area contributed by atoms with Crippen molar-refractivity contribution in [2.24, 2.45) is 5.10 Å². The smallest absolute Gasteiger partial charge is 0.245 e. The molecule has 4 aromatic rings. The first-order valence-electron chi connectivity index (χ1n) is 7.49. The Morgan fingerprint density at radius 2 is 1.76 bits per heavy atom. The largest absolute Gasteiger partial charge is 0.463 e. The van der Waals surface area contributed by atoms with Gasteiger partial charge < -0.3 is 9.73 Å². The Hall–Kier alpha value is -3.75. The highest BCUT2D eigenvalue weighted by molar-refractivity contribution is 5.78. The molecule has 3 heterocycles. The molecule has 0 spiro atoms.